The Morgan fingerprint density at radius 1 is 1.12 bits per heavy atom. The Balaban J connectivity index is 2.29. The molecule has 5 heteroatoms. The molecule has 1 amide bonds. The van der Waals surface area contributed by atoms with Crippen LogP contribution in [0.5, 0.6) is 11.5 Å². The summed E-state index contributed by atoms with van der Waals surface area (Å²) in [6.45, 7) is 9.21. The third kappa shape index (κ3) is 4.56. The van der Waals surface area contributed by atoms with Crippen LogP contribution in [0.25, 0.3) is 0 Å². The van der Waals surface area contributed by atoms with Crippen LogP contribution in [-0.4, -0.2) is 23.7 Å². The van der Waals surface area contributed by atoms with E-state index in [0.29, 0.717) is 24.7 Å². The average molecular weight is 344 g/mol. The highest BCUT2D eigenvalue weighted by Gasteiger charge is 2.22. The molecule has 5 nitrogen and oxygen atoms in total. The molecule has 1 heterocycles. The van der Waals surface area contributed by atoms with Crippen LogP contribution in [0, 0.1) is 5.92 Å². The van der Waals surface area contributed by atoms with Gasteiger partial charge in [0.15, 0.2) is 11.5 Å². The zero-order chi connectivity index (χ0) is 18.4. The number of hydrogen-bond donors (Lipinski definition) is 1. The smallest absolute Gasteiger partial charge is 0.268 e. The number of rotatable bonds is 8. The Bertz CT molecular complexity index is 707. The van der Waals surface area contributed by atoms with Crippen molar-refractivity contribution in [3.63, 3.8) is 0 Å². The van der Waals surface area contributed by atoms with Crippen LogP contribution in [-0.2, 0) is 7.05 Å². The molecule has 0 bridgehead atoms. The molecule has 1 atom stereocenters. The highest BCUT2D eigenvalue weighted by atomic mass is 16.5. The molecule has 1 aromatic heterocycles. The maximum Gasteiger partial charge on any atom is 0.268 e. The van der Waals surface area contributed by atoms with E-state index in [9.17, 15) is 4.79 Å². The fourth-order valence-electron chi connectivity index (χ4n) is 2.81. The molecular weight excluding hydrogens is 316 g/mol. The van der Waals surface area contributed by atoms with Crippen molar-refractivity contribution in [1.82, 2.24) is 9.88 Å². The minimum atomic E-state index is -0.114. The first-order valence-electron chi connectivity index (χ1n) is 8.79. The first-order valence-corrected chi connectivity index (χ1v) is 8.79. The normalized spacial score (nSPS) is 12.1. The van der Waals surface area contributed by atoms with Crippen LogP contribution >= 0.6 is 0 Å². The van der Waals surface area contributed by atoms with Crippen LogP contribution in [0.1, 0.15) is 49.8 Å². The second-order valence-corrected chi connectivity index (χ2v) is 6.27. The first-order chi connectivity index (χ1) is 12.0. The summed E-state index contributed by atoms with van der Waals surface area (Å²) in [6, 6.07) is 9.43. The van der Waals surface area contributed by atoms with Gasteiger partial charge in [0, 0.05) is 13.2 Å². The van der Waals surface area contributed by atoms with Crippen molar-refractivity contribution in [2.45, 2.75) is 33.7 Å². The zero-order valence-corrected chi connectivity index (χ0v) is 15.7. The minimum absolute atomic E-state index is 0.0851. The number of carbonyl (C=O) groups excluding carboxylic acids is 1. The van der Waals surface area contributed by atoms with Gasteiger partial charge in [-0.1, -0.05) is 19.9 Å². The number of nitrogens with zero attached hydrogens (tertiary/aromatic N) is 1. The minimum Gasteiger partial charge on any atom is -0.490 e. The number of nitrogens with one attached hydrogen (secondary N) is 1. The molecule has 0 radical (unpaired) electrons. The van der Waals surface area contributed by atoms with E-state index in [-0.39, 0.29) is 17.9 Å². The molecule has 1 N–H and O–H groups in total. The van der Waals surface area contributed by atoms with E-state index in [2.05, 4.69) is 19.2 Å². The lowest BCUT2D eigenvalue weighted by Crippen LogP contribution is -2.32. The number of amides is 1. The Morgan fingerprint density at radius 2 is 1.80 bits per heavy atom. The third-order valence-electron chi connectivity index (χ3n) is 4.06. The molecule has 1 unspecified atom stereocenters. The second kappa shape index (κ2) is 8.60. The van der Waals surface area contributed by atoms with Crippen molar-refractivity contribution in [1.29, 1.82) is 0 Å². The van der Waals surface area contributed by atoms with Gasteiger partial charge in [-0.15, -0.1) is 0 Å². The van der Waals surface area contributed by atoms with Crippen molar-refractivity contribution < 1.29 is 14.3 Å². The number of hydrogen-bond acceptors (Lipinski definition) is 3. The van der Waals surface area contributed by atoms with Gasteiger partial charge in [0.1, 0.15) is 5.69 Å². The fourth-order valence-corrected chi connectivity index (χ4v) is 2.81. The molecule has 0 aliphatic carbocycles. The monoisotopic (exact) mass is 344 g/mol. The standard InChI is InChI=1S/C20H28N2O3/c1-6-24-17-11-10-15(13-18(17)25-7-2)19(14(3)4)21-20(23)16-9-8-12-22(16)5/h8-14,19H,6-7H2,1-5H3,(H,21,23). The Morgan fingerprint density at radius 3 is 2.36 bits per heavy atom. The molecule has 1 aromatic carbocycles. The zero-order valence-electron chi connectivity index (χ0n) is 15.7. The van der Waals surface area contributed by atoms with E-state index in [1.165, 1.54) is 0 Å². The summed E-state index contributed by atoms with van der Waals surface area (Å²) in [5.74, 6) is 1.58. The lowest BCUT2D eigenvalue weighted by atomic mass is 9.95. The molecule has 0 saturated carbocycles. The fraction of sp³-hybridized carbons (Fsp3) is 0.450. The van der Waals surface area contributed by atoms with Gasteiger partial charge in [0.05, 0.1) is 19.3 Å². The summed E-state index contributed by atoms with van der Waals surface area (Å²) < 4.78 is 13.2. The molecule has 0 aliphatic rings. The summed E-state index contributed by atoms with van der Waals surface area (Å²) in [4.78, 5) is 12.6. The van der Waals surface area contributed by atoms with Crippen molar-refractivity contribution in [2.75, 3.05) is 13.2 Å². The molecule has 0 spiro atoms. The molecule has 2 aromatic rings. The second-order valence-electron chi connectivity index (χ2n) is 6.27. The van der Waals surface area contributed by atoms with Crippen LogP contribution in [0.2, 0.25) is 0 Å². The van der Waals surface area contributed by atoms with Crippen molar-refractivity contribution in [3.8, 4) is 11.5 Å². The number of ether oxygens (including phenoxy) is 2. The van der Waals surface area contributed by atoms with Gasteiger partial charge in [-0.25, -0.2) is 0 Å². The molecule has 2 rings (SSSR count). The quantitative estimate of drug-likeness (QED) is 0.789. The molecule has 0 fully saturated rings. The average Bonchev–Trinajstić information content (AvgIpc) is 3.00. The SMILES string of the molecule is CCOc1ccc(C(NC(=O)c2cccn2C)C(C)C)cc1OCC. The molecule has 0 saturated heterocycles. The third-order valence-corrected chi connectivity index (χ3v) is 4.06. The number of aromatic nitrogens is 1. The van der Waals surface area contributed by atoms with E-state index in [0.717, 1.165) is 11.3 Å². The summed E-state index contributed by atoms with van der Waals surface area (Å²) in [5, 5.41) is 3.14. The van der Waals surface area contributed by atoms with Crippen LogP contribution < -0.4 is 14.8 Å². The lowest BCUT2D eigenvalue weighted by molar-refractivity contribution is 0.0917. The van der Waals surface area contributed by atoms with Crippen molar-refractivity contribution in [3.05, 3.63) is 47.8 Å². The molecule has 0 aliphatic heterocycles. The summed E-state index contributed by atoms with van der Waals surface area (Å²) in [5.41, 5.74) is 1.64. The topological polar surface area (TPSA) is 52.5 Å². The highest BCUT2D eigenvalue weighted by Crippen LogP contribution is 2.33. The van der Waals surface area contributed by atoms with Gasteiger partial charge in [-0.3, -0.25) is 4.79 Å². The van der Waals surface area contributed by atoms with Crippen molar-refractivity contribution in [2.24, 2.45) is 13.0 Å². The Hall–Kier alpha value is -2.43. The van der Waals surface area contributed by atoms with Gasteiger partial charge in [0.25, 0.3) is 5.91 Å². The van der Waals surface area contributed by atoms with Gasteiger partial charge < -0.3 is 19.4 Å². The number of carbonyl (C=O) groups is 1. The van der Waals surface area contributed by atoms with Gasteiger partial charge >= 0.3 is 0 Å². The van der Waals surface area contributed by atoms with Crippen LogP contribution in [0.3, 0.4) is 0 Å². The largest absolute Gasteiger partial charge is 0.490 e. The Labute approximate surface area is 149 Å². The van der Waals surface area contributed by atoms with Gasteiger partial charge in [0.2, 0.25) is 0 Å². The lowest BCUT2D eigenvalue weighted by Gasteiger charge is -2.24. The van der Waals surface area contributed by atoms with Crippen LogP contribution in [0.15, 0.2) is 36.5 Å². The first kappa shape index (κ1) is 18.9. The van der Waals surface area contributed by atoms with Gasteiger partial charge in [-0.2, -0.15) is 0 Å². The van der Waals surface area contributed by atoms with E-state index < -0.39 is 0 Å². The molecule has 25 heavy (non-hydrogen) atoms. The van der Waals surface area contributed by atoms with E-state index in [1.54, 1.807) is 0 Å². The predicted octanol–water partition coefficient (Wildman–Crippen LogP) is 3.95. The van der Waals surface area contributed by atoms with E-state index >= 15 is 0 Å². The highest BCUT2D eigenvalue weighted by molar-refractivity contribution is 5.93. The maximum atomic E-state index is 12.6. The van der Waals surface area contributed by atoms with E-state index in [4.69, 9.17) is 9.47 Å². The number of benzene rings is 1. The summed E-state index contributed by atoms with van der Waals surface area (Å²) in [6.07, 6.45) is 1.86. The van der Waals surface area contributed by atoms with Crippen molar-refractivity contribution >= 4 is 5.91 Å². The van der Waals surface area contributed by atoms with Gasteiger partial charge in [-0.05, 0) is 49.6 Å². The summed E-state index contributed by atoms with van der Waals surface area (Å²) >= 11 is 0. The van der Waals surface area contributed by atoms with E-state index in [1.807, 2.05) is 62.0 Å². The maximum absolute atomic E-state index is 12.6. The predicted molar refractivity (Wildman–Crippen MR) is 99.2 cm³/mol. The summed E-state index contributed by atoms with van der Waals surface area (Å²) in [7, 11) is 1.86. The Kier molecular flexibility index (Phi) is 6.51. The molecule has 136 valence electrons. The van der Waals surface area contributed by atoms with Crippen LogP contribution in [0.4, 0.5) is 0 Å². The number of aryl methyl sites for hydroxylation is 1. The molecular formula is C20H28N2O3.